The van der Waals surface area contributed by atoms with E-state index in [1.807, 2.05) is 26.0 Å². The molecule has 0 amide bonds. The molecule has 2 atom stereocenters. The number of benzene rings is 1. The van der Waals surface area contributed by atoms with Crippen molar-refractivity contribution < 1.29 is 9.50 Å². The summed E-state index contributed by atoms with van der Waals surface area (Å²) in [6.07, 6.45) is 0.285. The summed E-state index contributed by atoms with van der Waals surface area (Å²) in [5.74, 6) is -0.178. The summed E-state index contributed by atoms with van der Waals surface area (Å²) in [6, 6.07) is 8.64. The van der Waals surface area contributed by atoms with Crippen LogP contribution in [0.2, 0.25) is 0 Å². The molecule has 3 heterocycles. The van der Waals surface area contributed by atoms with E-state index < -0.39 is 6.10 Å². The Morgan fingerprint density at radius 3 is 2.84 bits per heavy atom. The van der Waals surface area contributed by atoms with Crippen LogP contribution in [0.15, 0.2) is 30.3 Å². The highest BCUT2D eigenvalue weighted by atomic mass is 19.1. The fraction of sp³-hybridized carbons (Fsp3) is 0.368. The molecule has 1 aromatic carbocycles. The van der Waals surface area contributed by atoms with E-state index in [0.717, 1.165) is 40.1 Å². The number of rotatable bonds is 3. The molecule has 0 bridgehead atoms. The van der Waals surface area contributed by atoms with E-state index >= 15 is 0 Å². The maximum Gasteiger partial charge on any atom is 0.124 e. The highest BCUT2D eigenvalue weighted by Crippen LogP contribution is 2.32. The van der Waals surface area contributed by atoms with E-state index in [1.54, 1.807) is 6.07 Å². The third kappa shape index (κ3) is 3.09. The molecule has 0 aliphatic carbocycles. The van der Waals surface area contributed by atoms with Gasteiger partial charge in [-0.25, -0.2) is 4.39 Å². The van der Waals surface area contributed by atoms with Gasteiger partial charge in [-0.1, -0.05) is 0 Å². The SMILES string of the molecule is Cc1cc(N2C[C@@H](Cc3cc(C)[nH]n3)[C@H](O)C2)c2cc(F)ccc2n1. The lowest BCUT2D eigenvalue weighted by atomic mass is 10.00. The van der Waals surface area contributed by atoms with Crippen molar-refractivity contribution >= 4 is 16.6 Å². The van der Waals surface area contributed by atoms with Gasteiger partial charge in [0.2, 0.25) is 0 Å². The molecule has 2 N–H and O–H groups in total. The van der Waals surface area contributed by atoms with E-state index in [2.05, 4.69) is 20.1 Å². The van der Waals surface area contributed by atoms with Crippen molar-refractivity contribution in [1.29, 1.82) is 0 Å². The zero-order chi connectivity index (χ0) is 17.6. The predicted octanol–water partition coefficient (Wildman–Crippen LogP) is 2.75. The molecule has 2 aromatic heterocycles. The van der Waals surface area contributed by atoms with Crippen molar-refractivity contribution in [2.45, 2.75) is 26.4 Å². The minimum atomic E-state index is -0.436. The van der Waals surface area contributed by atoms with E-state index in [-0.39, 0.29) is 11.7 Å². The van der Waals surface area contributed by atoms with Crippen LogP contribution in [-0.2, 0) is 6.42 Å². The van der Waals surface area contributed by atoms with E-state index in [4.69, 9.17) is 0 Å². The van der Waals surface area contributed by atoms with Crippen LogP contribution in [0.4, 0.5) is 10.1 Å². The number of aromatic amines is 1. The van der Waals surface area contributed by atoms with Crippen LogP contribution < -0.4 is 4.90 Å². The molecule has 1 aliphatic rings. The van der Waals surface area contributed by atoms with Gasteiger partial charge in [-0.05, 0) is 50.6 Å². The van der Waals surface area contributed by atoms with Crippen LogP contribution in [0.5, 0.6) is 0 Å². The molecule has 1 fully saturated rings. The van der Waals surface area contributed by atoms with Crippen molar-refractivity contribution in [3.8, 4) is 0 Å². The normalized spacial score (nSPS) is 20.6. The topological polar surface area (TPSA) is 65.0 Å². The van der Waals surface area contributed by atoms with Crippen molar-refractivity contribution in [1.82, 2.24) is 15.2 Å². The molecule has 4 rings (SSSR count). The van der Waals surface area contributed by atoms with E-state index in [0.29, 0.717) is 13.1 Å². The second-order valence-corrected chi connectivity index (χ2v) is 6.92. The third-order valence-corrected chi connectivity index (χ3v) is 4.85. The standard InChI is InChI=1S/C19H21FN4O/c1-11-6-18(16-8-14(20)3-4-17(16)21-11)24-9-13(19(25)10-24)7-15-5-12(2)22-23-15/h3-6,8,13,19,25H,7,9-10H2,1-2H3,(H,22,23)/t13-,19-/m1/s1. The largest absolute Gasteiger partial charge is 0.391 e. The van der Waals surface area contributed by atoms with Crippen molar-refractivity contribution in [3.05, 3.63) is 53.2 Å². The first-order valence-corrected chi connectivity index (χ1v) is 8.50. The molecule has 0 spiro atoms. The van der Waals surface area contributed by atoms with Gasteiger partial charge in [0.05, 0.1) is 17.3 Å². The second-order valence-electron chi connectivity index (χ2n) is 6.92. The fourth-order valence-corrected chi connectivity index (χ4v) is 3.67. The number of nitrogens with zero attached hydrogens (tertiary/aromatic N) is 3. The Morgan fingerprint density at radius 2 is 2.08 bits per heavy atom. The molecule has 1 aliphatic heterocycles. The van der Waals surface area contributed by atoms with Crippen molar-refractivity contribution in [3.63, 3.8) is 0 Å². The van der Waals surface area contributed by atoms with Crippen LogP contribution in [0.3, 0.4) is 0 Å². The van der Waals surface area contributed by atoms with Crippen LogP contribution in [0.1, 0.15) is 17.1 Å². The van der Waals surface area contributed by atoms with Gasteiger partial charge in [0.15, 0.2) is 0 Å². The number of hydrogen-bond acceptors (Lipinski definition) is 4. The van der Waals surface area contributed by atoms with Gasteiger partial charge in [-0.3, -0.25) is 10.1 Å². The minimum absolute atomic E-state index is 0.0970. The summed E-state index contributed by atoms with van der Waals surface area (Å²) in [4.78, 5) is 6.62. The number of anilines is 1. The number of fused-ring (bicyclic) bond motifs is 1. The Kier molecular flexibility index (Phi) is 3.92. The molecule has 5 nitrogen and oxygen atoms in total. The zero-order valence-electron chi connectivity index (χ0n) is 14.3. The first kappa shape index (κ1) is 16.0. The maximum atomic E-state index is 13.7. The Balaban J connectivity index is 1.64. The summed E-state index contributed by atoms with van der Waals surface area (Å²) < 4.78 is 13.7. The molecular weight excluding hydrogens is 319 g/mol. The van der Waals surface area contributed by atoms with E-state index in [1.165, 1.54) is 12.1 Å². The number of aromatic nitrogens is 3. The molecule has 25 heavy (non-hydrogen) atoms. The Bertz CT molecular complexity index is 923. The average Bonchev–Trinajstić information content (AvgIpc) is 3.13. The van der Waals surface area contributed by atoms with Gasteiger partial charge < -0.3 is 10.0 Å². The number of aryl methyl sites for hydroxylation is 2. The summed E-state index contributed by atoms with van der Waals surface area (Å²) >= 11 is 0. The van der Waals surface area contributed by atoms with Gasteiger partial charge >= 0.3 is 0 Å². The lowest BCUT2D eigenvalue weighted by molar-refractivity contribution is 0.148. The predicted molar refractivity (Wildman–Crippen MR) is 95.2 cm³/mol. The first-order valence-electron chi connectivity index (χ1n) is 8.50. The first-order chi connectivity index (χ1) is 12.0. The molecular formula is C19H21FN4O. The highest BCUT2D eigenvalue weighted by Gasteiger charge is 2.33. The van der Waals surface area contributed by atoms with Crippen LogP contribution >= 0.6 is 0 Å². The Labute approximate surface area is 145 Å². The van der Waals surface area contributed by atoms with Crippen LogP contribution in [0, 0.1) is 25.6 Å². The van der Waals surface area contributed by atoms with Gasteiger partial charge in [-0.2, -0.15) is 5.10 Å². The monoisotopic (exact) mass is 340 g/mol. The van der Waals surface area contributed by atoms with Gasteiger partial charge in [0, 0.05) is 41.5 Å². The summed E-state index contributed by atoms with van der Waals surface area (Å²) in [7, 11) is 0. The number of β-amino-alcohol motifs (C(OH)–C–C–N with tert-alkyl or cyclic N) is 1. The smallest absolute Gasteiger partial charge is 0.124 e. The fourth-order valence-electron chi connectivity index (χ4n) is 3.67. The minimum Gasteiger partial charge on any atom is -0.391 e. The van der Waals surface area contributed by atoms with Crippen LogP contribution in [0.25, 0.3) is 10.9 Å². The van der Waals surface area contributed by atoms with Gasteiger partial charge in [-0.15, -0.1) is 0 Å². The quantitative estimate of drug-likeness (QED) is 0.769. The molecule has 0 saturated carbocycles. The lowest BCUT2D eigenvalue weighted by Gasteiger charge is -2.21. The number of aliphatic hydroxyl groups is 1. The van der Waals surface area contributed by atoms with Crippen molar-refractivity contribution in [2.75, 3.05) is 18.0 Å². The number of aliphatic hydroxyl groups excluding tert-OH is 1. The second kappa shape index (κ2) is 6.11. The number of nitrogens with one attached hydrogen (secondary N) is 1. The number of H-pyrrole nitrogens is 1. The maximum absolute atomic E-state index is 13.7. The number of hydrogen-bond donors (Lipinski definition) is 2. The summed E-state index contributed by atoms with van der Waals surface area (Å²) in [5.41, 5.74) is 4.57. The Hall–Kier alpha value is -2.47. The third-order valence-electron chi connectivity index (χ3n) is 4.85. The molecule has 3 aromatic rings. The molecule has 1 saturated heterocycles. The highest BCUT2D eigenvalue weighted by molar-refractivity contribution is 5.92. The van der Waals surface area contributed by atoms with Crippen LogP contribution in [-0.4, -0.2) is 39.5 Å². The average molecular weight is 340 g/mol. The molecule has 0 radical (unpaired) electrons. The van der Waals surface area contributed by atoms with E-state index in [9.17, 15) is 9.50 Å². The van der Waals surface area contributed by atoms with Gasteiger partial charge in [0.25, 0.3) is 0 Å². The van der Waals surface area contributed by atoms with Crippen molar-refractivity contribution in [2.24, 2.45) is 5.92 Å². The number of pyridine rings is 1. The molecule has 0 unspecified atom stereocenters. The Morgan fingerprint density at radius 1 is 1.24 bits per heavy atom. The molecule has 130 valence electrons. The number of halogens is 1. The summed E-state index contributed by atoms with van der Waals surface area (Å²) in [5, 5.41) is 18.5. The lowest BCUT2D eigenvalue weighted by Crippen LogP contribution is -2.21. The van der Waals surface area contributed by atoms with Gasteiger partial charge in [0.1, 0.15) is 5.82 Å². The summed E-state index contributed by atoms with van der Waals surface area (Å²) in [6.45, 7) is 5.14. The molecule has 6 heteroatoms. The zero-order valence-corrected chi connectivity index (χ0v) is 14.3.